The molecule has 0 aromatic carbocycles. The van der Waals surface area contributed by atoms with E-state index < -0.39 is 0 Å². The highest BCUT2D eigenvalue weighted by Crippen LogP contribution is 2.17. The van der Waals surface area contributed by atoms with Crippen LogP contribution < -0.4 is 0 Å². The quantitative estimate of drug-likeness (QED) is 0.647. The molecular weight excluding hydrogens is 168 g/mol. The summed E-state index contributed by atoms with van der Waals surface area (Å²) >= 11 is 0. The van der Waals surface area contributed by atoms with Crippen molar-refractivity contribution in [3.63, 3.8) is 0 Å². The standard InChI is InChI=1S/C9H12N2O2/c1-2-9(12)11-4-3-8-7(5-11)10-6-13-8/h6H,2-5H2,1H3. The molecule has 1 aromatic rings. The normalized spacial score (nSPS) is 15.6. The van der Waals surface area contributed by atoms with Crippen molar-refractivity contribution in [2.45, 2.75) is 26.3 Å². The third kappa shape index (κ3) is 1.43. The number of nitrogens with zero attached hydrogens (tertiary/aromatic N) is 2. The van der Waals surface area contributed by atoms with E-state index in [1.165, 1.54) is 6.39 Å². The monoisotopic (exact) mass is 180 g/mol. The van der Waals surface area contributed by atoms with Crippen LogP contribution in [0.5, 0.6) is 0 Å². The van der Waals surface area contributed by atoms with Gasteiger partial charge in [-0.3, -0.25) is 4.79 Å². The van der Waals surface area contributed by atoms with Crippen LogP contribution in [-0.4, -0.2) is 22.3 Å². The summed E-state index contributed by atoms with van der Waals surface area (Å²) in [5, 5.41) is 0. The molecule has 1 aromatic heterocycles. The van der Waals surface area contributed by atoms with Gasteiger partial charge in [-0.15, -0.1) is 0 Å². The molecule has 0 saturated heterocycles. The van der Waals surface area contributed by atoms with Crippen LogP contribution in [0.1, 0.15) is 24.8 Å². The van der Waals surface area contributed by atoms with E-state index in [2.05, 4.69) is 4.98 Å². The van der Waals surface area contributed by atoms with Crippen LogP contribution in [0.3, 0.4) is 0 Å². The summed E-state index contributed by atoms with van der Waals surface area (Å²) in [5.41, 5.74) is 0.910. The summed E-state index contributed by atoms with van der Waals surface area (Å²) in [5.74, 6) is 1.12. The minimum Gasteiger partial charge on any atom is -0.448 e. The number of amides is 1. The molecular formula is C9H12N2O2. The molecule has 1 amide bonds. The molecule has 4 heteroatoms. The van der Waals surface area contributed by atoms with Gasteiger partial charge in [-0.25, -0.2) is 4.98 Å². The Balaban J connectivity index is 2.13. The van der Waals surface area contributed by atoms with Crippen LogP contribution >= 0.6 is 0 Å². The number of fused-ring (bicyclic) bond motifs is 1. The minimum atomic E-state index is 0.189. The van der Waals surface area contributed by atoms with Crippen molar-refractivity contribution >= 4 is 5.91 Å². The Hall–Kier alpha value is -1.32. The van der Waals surface area contributed by atoms with Crippen LogP contribution in [0.25, 0.3) is 0 Å². The van der Waals surface area contributed by atoms with Gasteiger partial charge in [0, 0.05) is 19.4 Å². The van der Waals surface area contributed by atoms with Gasteiger partial charge in [0.05, 0.1) is 6.54 Å². The van der Waals surface area contributed by atoms with Crippen LogP contribution in [0.4, 0.5) is 0 Å². The molecule has 70 valence electrons. The maximum atomic E-state index is 11.4. The summed E-state index contributed by atoms with van der Waals surface area (Å²) in [7, 11) is 0. The van der Waals surface area contributed by atoms with Crippen LogP contribution in [-0.2, 0) is 17.8 Å². The summed E-state index contributed by atoms with van der Waals surface area (Å²) in [4.78, 5) is 17.3. The second kappa shape index (κ2) is 3.20. The number of oxazole rings is 1. The van der Waals surface area contributed by atoms with Gasteiger partial charge in [-0.2, -0.15) is 0 Å². The van der Waals surface area contributed by atoms with Gasteiger partial charge in [0.2, 0.25) is 5.91 Å². The van der Waals surface area contributed by atoms with Crippen LogP contribution in [0.2, 0.25) is 0 Å². The largest absolute Gasteiger partial charge is 0.448 e. The molecule has 4 nitrogen and oxygen atoms in total. The van der Waals surface area contributed by atoms with E-state index in [0.717, 1.165) is 24.4 Å². The molecule has 13 heavy (non-hydrogen) atoms. The fourth-order valence-electron chi connectivity index (χ4n) is 1.56. The molecule has 2 heterocycles. The zero-order valence-electron chi connectivity index (χ0n) is 7.62. The molecule has 0 unspecified atom stereocenters. The lowest BCUT2D eigenvalue weighted by molar-refractivity contribution is -0.131. The fourth-order valence-corrected chi connectivity index (χ4v) is 1.56. The molecule has 0 saturated carbocycles. The minimum absolute atomic E-state index is 0.189. The van der Waals surface area contributed by atoms with Crippen LogP contribution in [0, 0.1) is 0 Å². The fraction of sp³-hybridized carbons (Fsp3) is 0.556. The first-order valence-corrected chi connectivity index (χ1v) is 4.50. The van der Waals surface area contributed by atoms with Crippen molar-refractivity contribution in [1.29, 1.82) is 0 Å². The lowest BCUT2D eigenvalue weighted by Crippen LogP contribution is -2.35. The Kier molecular flexibility index (Phi) is 2.04. The van der Waals surface area contributed by atoms with Gasteiger partial charge in [0.1, 0.15) is 11.5 Å². The first-order chi connectivity index (χ1) is 6.31. The Labute approximate surface area is 76.6 Å². The third-order valence-corrected chi connectivity index (χ3v) is 2.33. The van der Waals surface area contributed by atoms with E-state index in [1.807, 2.05) is 11.8 Å². The van der Waals surface area contributed by atoms with E-state index >= 15 is 0 Å². The SMILES string of the molecule is CCC(=O)N1CCc2ocnc2C1. The molecule has 0 fully saturated rings. The van der Waals surface area contributed by atoms with Crippen molar-refractivity contribution in [3.05, 3.63) is 17.8 Å². The molecule has 0 aliphatic carbocycles. The third-order valence-electron chi connectivity index (χ3n) is 2.33. The number of carbonyl (C=O) groups excluding carboxylic acids is 1. The number of carbonyl (C=O) groups is 1. The number of hydrogen-bond acceptors (Lipinski definition) is 3. The summed E-state index contributed by atoms with van der Waals surface area (Å²) in [6, 6.07) is 0. The molecule has 1 aliphatic heterocycles. The zero-order valence-corrected chi connectivity index (χ0v) is 7.62. The molecule has 0 bridgehead atoms. The van der Waals surface area contributed by atoms with E-state index in [1.54, 1.807) is 0 Å². The number of rotatable bonds is 1. The summed E-state index contributed by atoms with van der Waals surface area (Å²) in [6.07, 6.45) is 2.80. The van der Waals surface area contributed by atoms with Crippen LogP contribution in [0.15, 0.2) is 10.8 Å². The highest BCUT2D eigenvalue weighted by Gasteiger charge is 2.22. The Morgan fingerprint density at radius 3 is 3.38 bits per heavy atom. The van der Waals surface area contributed by atoms with Gasteiger partial charge >= 0.3 is 0 Å². The molecule has 0 spiro atoms. The summed E-state index contributed by atoms with van der Waals surface area (Å²) < 4.78 is 5.17. The van der Waals surface area contributed by atoms with E-state index in [-0.39, 0.29) is 5.91 Å². The van der Waals surface area contributed by atoms with Crippen molar-refractivity contribution in [3.8, 4) is 0 Å². The van der Waals surface area contributed by atoms with Gasteiger partial charge in [0.25, 0.3) is 0 Å². The van der Waals surface area contributed by atoms with Gasteiger partial charge in [0.15, 0.2) is 6.39 Å². The molecule has 0 radical (unpaired) electrons. The predicted octanol–water partition coefficient (Wildman–Crippen LogP) is 0.969. The average Bonchev–Trinajstić information content (AvgIpc) is 2.63. The lowest BCUT2D eigenvalue weighted by atomic mass is 10.1. The second-order valence-electron chi connectivity index (χ2n) is 3.14. The van der Waals surface area contributed by atoms with Gasteiger partial charge < -0.3 is 9.32 Å². The topological polar surface area (TPSA) is 46.3 Å². The highest BCUT2D eigenvalue weighted by molar-refractivity contribution is 5.76. The zero-order chi connectivity index (χ0) is 9.26. The second-order valence-corrected chi connectivity index (χ2v) is 3.14. The maximum Gasteiger partial charge on any atom is 0.222 e. The van der Waals surface area contributed by atoms with Crippen molar-refractivity contribution in [1.82, 2.24) is 9.88 Å². The van der Waals surface area contributed by atoms with Crippen molar-refractivity contribution in [2.75, 3.05) is 6.54 Å². The first kappa shape index (κ1) is 8.29. The van der Waals surface area contributed by atoms with Gasteiger partial charge in [-0.1, -0.05) is 6.92 Å². The Morgan fingerprint density at radius 2 is 2.62 bits per heavy atom. The molecule has 0 atom stereocenters. The number of hydrogen-bond donors (Lipinski definition) is 0. The van der Waals surface area contributed by atoms with E-state index in [9.17, 15) is 4.79 Å². The predicted molar refractivity (Wildman–Crippen MR) is 45.9 cm³/mol. The highest BCUT2D eigenvalue weighted by atomic mass is 16.3. The molecule has 1 aliphatic rings. The summed E-state index contributed by atoms with van der Waals surface area (Å²) in [6.45, 7) is 3.24. The molecule has 0 N–H and O–H groups in total. The smallest absolute Gasteiger partial charge is 0.222 e. The van der Waals surface area contributed by atoms with E-state index in [4.69, 9.17) is 4.42 Å². The maximum absolute atomic E-state index is 11.4. The lowest BCUT2D eigenvalue weighted by Gasteiger charge is -2.24. The Bertz CT molecular complexity index is 319. The molecule has 2 rings (SSSR count). The number of aromatic nitrogens is 1. The van der Waals surface area contributed by atoms with Gasteiger partial charge in [-0.05, 0) is 0 Å². The first-order valence-electron chi connectivity index (χ1n) is 4.50. The van der Waals surface area contributed by atoms with Crippen molar-refractivity contribution in [2.24, 2.45) is 0 Å². The average molecular weight is 180 g/mol. The van der Waals surface area contributed by atoms with E-state index in [0.29, 0.717) is 13.0 Å². The van der Waals surface area contributed by atoms with Crippen molar-refractivity contribution < 1.29 is 9.21 Å². The Morgan fingerprint density at radius 1 is 1.77 bits per heavy atom.